The molecule has 1 heterocycles. The van der Waals surface area contributed by atoms with Crippen molar-refractivity contribution in [3.05, 3.63) is 24.0 Å². The average molecular weight is 239 g/mol. The van der Waals surface area contributed by atoms with Gasteiger partial charge in [-0.3, -0.25) is 0 Å². The molecule has 0 fully saturated rings. The number of imidazole rings is 1. The van der Waals surface area contributed by atoms with Crippen LogP contribution < -0.4 is 5.73 Å². The van der Waals surface area contributed by atoms with Crippen molar-refractivity contribution in [3.8, 4) is 0 Å². The van der Waals surface area contributed by atoms with Gasteiger partial charge >= 0.3 is 0 Å². The molecular weight excluding hydrogens is 224 g/mol. The Hall–Kier alpha value is -1.65. The van der Waals surface area contributed by atoms with E-state index < -0.39 is 6.43 Å². The van der Waals surface area contributed by atoms with E-state index in [2.05, 4.69) is 4.98 Å². The lowest BCUT2D eigenvalue weighted by atomic mass is 10.3. The summed E-state index contributed by atoms with van der Waals surface area (Å²) < 4.78 is 26.7. The average Bonchev–Trinajstić information content (AvgIpc) is 2.56. The quantitative estimate of drug-likeness (QED) is 0.834. The van der Waals surface area contributed by atoms with Crippen molar-refractivity contribution < 1.29 is 8.78 Å². The number of aryl methyl sites for hydroxylation is 1. The highest BCUT2D eigenvalue weighted by Crippen LogP contribution is 2.21. The largest absolute Gasteiger partial charge is 0.399 e. The fourth-order valence-electron chi connectivity index (χ4n) is 1.95. The Labute approximate surface area is 98.2 Å². The second-order valence-electron chi connectivity index (χ2n) is 4.03. The van der Waals surface area contributed by atoms with Crippen molar-refractivity contribution in [3.63, 3.8) is 0 Å². The van der Waals surface area contributed by atoms with E-state index in [0.29, 0.717) is 23.4 Å². The lowest BCUT2D eigenvalue weighted by molar-refractivity contribution is 0.127. The third-order valence-electron chi connectivity index (χ3n) is 2.65. The molecule has 2 rings (SSSR count). The van der Waals surface area contributed by atoms with Crippen LogP contribution in [0, 0.1) is 0 Å². The minimum Gasteiger partial charge on any atom is -0.399 e. The first-order valence-electron chi connectivity index (χ1n) is 5.64. The SMILES string of the molecule is CCCc1nc2cc(N)ccc2n1CC(F)F. The number of rotatable bonds is 4. The second-order valence-corrected chi connectivity index (χ2v) is 4.03. The molecule has 2 N–H and O–H groups in total. The number of halogens is 2. The van der Waals surface area contributed by atoms with Crippen LogP contribution in [0.25, 0.3) is 11.0 Å². The van der Waals surface area contributed by atoms with Crippen molar-refractivity contribution in [1.29, 1.82) is 0 Å². The zero-order valence-electron chi connectivity index (χ0n) is 9.66. The van der Waals surface area contributed by atoms with Gasteiger partial charge in [0.2, 0.25) is 0 Å². The normalized spacial score (nSPS) is 11.5. The summed E-state index contributed by atoms with van der Waals surface area (Å²) in [6, 6.07) is 5.18. The smallest absolute Gasteiger partial charge is 0.256 e. The van der Waals surface area contributed by atoms with Gasteiger partial charge in [-0.1, -0.05) is 6.92 Å². The van der Waals surface area contributed by atoms with Crippen LogP contribution in [0.4, 0.5) is 14.5 Å². The molecule has 92 valence electrons. The van der Waals surface area contributed by atoms with Crippen molar-refractivity contribution in [2.24, 2.45) is 0 Å². The number of nitrogens with zero attached hydrogens (tertiary/aromatic N) is 2. The maximum atomic E-state index is 12.6. The molecular formula is C12H15F2N3. The molecule has 0 aliphatic heterocycles. The van der Waals surface area contributed by atoms with Gasteiger partial charge < -0.3 is 10.3 Å². The Morgan fingerprint density at radius 2 is 2.18 bits per heavy atom. The Morgan fingerprint density at radius 1 is 1.41 bits per heavy atom. The molecule has 0 saturated carbocycles. The van der Waals surface area contributed by atoms with Crippen LogP contribution in [-0.2, 0) is 13.0 Å². The molecule has 0 bridgehead atoms. The molecule has 0 spiro atoms. The molecule has 0 aliphatic carbocycles. The Bertz CT molecular complexity index is 520. The molecule has 0 radical (unpaired) electrons. The molecule has 0 amide bonds. The number of hydrogen-bond acceptors (Lipinski definition) is 2. The topological polar surface area (TPSA) is 43.8 Å². The molecule has 17 heavy (non-hydrogen) atoms. The minimum absolute atomic E-state index is 0.310. The zero-order valence-corrected chi connectivity index (χ0v) is 9.66. The number of fused-ring (bicyclic) bond motifs is 1. The van der Waals surface area contributed by atoms with E-state index in [0.717, 1.165) is 11.9 Å². The summed E-state index contributed by atoms with van der Waals surface area (Å²) in [6.45, 7) is 1.69. The van der Waals surface area contributed by atoms with E-state index in [1.807, 2.05) is 6.92 Å². The van der Waals surface area contributed by atoms with Gasteiger partial charge in [0.05, 0.1) is 17.6 Å². The predicted octanol–water partition coefficient (Wildman–Crippen LogP) is 2.84. The number of nitrogen functional groups attached to an aromatic ring is 1. The van der Waals surface area contributed by atoms with Crippen molar-refractivity contribution >= 4 is 16.7 Å². The summed E-state index contributed by atoms with van der Waals surface area (Å²) in [5, 5.41) is 0. The number of nitrogens with two attached hydrogens (primary N) is 1. The maximum Gasteiger partial charge on any atom is 0.256 e. The summed E-state index contributed by atoms with van der Waals surface area (Å²) in [4.78, 5) is 4.37. The molecule has 0 atom stereocenters. The molecule has 0 aliphatic rings. The first-order valence-corrected chi connectivity index (χ1v) is 5.64. The Balaban J connectivity index is 2.54. The van der Waals surface area contributed by atoms with Crippen molar-refractivity contribution in [1.82, 2.24) is 9.55 Å². The van der Waals surface area contributed by atoms with Gasteiger partial charge in [-0.05, 0) is 24.6 Å². The standard InChI is InChI=1S/C12H15F2N3/c1-2-3-12-16-9-6-8(15)4-5-10(9)17(12)7-11(13)14/h4-6,11H,2-3,7,15H2,1H3. The van der Waals surface area contributed by atoms with Gasteiger partial charge in [-0.25, -0.2) is 13.8 Å². The van der Waals surface area contributed by atoms with Crippen LogP contribution >= 0.6 is 0 Å². The van der Waals surface area contributed by atoms with E-state index in [9.17, 15) is 8.78 Å². The van der Waals surface area contributed by atoms with Crippen molar-refractivity contribution in [2.75, 3.05) is 5.73 Å². The molecule has 5 heteroatoms. The van der Waals surface area contributed by atoms with Crippen molar-refractivity contribution in [2.45, 2.75) is 32.7 Å². The van der Waals surface area contributed by atoms with Crippen LogP contribution in [0.3, 0.4) is 0 Å². The highest BCUT2D eigenvalue weighted by atomic mass is 19.3. The molecule has 0 unspecified atom stereocenters. The van der Waals surface area contributed by atoms with Gasteiger partial charge in [0.15, 0.2) is 0 Å². The van der Waals surface area contributed by atoms with Crippen LogP contribution in [0.2, 0.25) is 0 Å². The third kappa shape index (κ3) is 2.38. The fourth-order valence-corrected chi connectivity index (χ4v) is 1.95. The van der Waals surface area contributed by atoms with Gasteiger partial charge in [-0.2, -0.15) is 0 Å². The summed E-state index contributed by atoms with van der Waals surface area (Å²) in [6.07, 6.45) is -0.802. The maximum absolute atomic E-state index is 12.6. The molecule has 2 aromatic rings. The van der Waals surface area contributed by atoms with E-state index >= 15 is 0 Å². The fraction of sp³-hybridized carbons (Fsp3) is 0.417. The Morgan fingerprint density at radius 3 is 2.82 bits per heavy atom. The summed E-state index contributed by atoms with van der Waals surface area (Å²) >= 11 is 0. The zero-order chi connectivity index (χ0) is 12.4. The van der Waals surface area contributed by atoms with E-state index in [1.54, 1.807) is 22.8 Å². The lowest BCUT2D eigenvalue weighted by Gasteiger charge is -2.07. The van der Waals surface area contributed by atoms with E-state index in [-0.39, 0.29) is 6.54 Å². The highest BCUT2D eigenvalue weighted by molar-refractivity contribution is 5.79. The first-order chi connectivity index (χ1) is 8.11. The third-order valence-corrected chi connectivity index (χ3v) is 2.65. The monoisotopic (exact) mass is 239 g/mol. The Kier molecular flexibility index (Phi) is 3.26. The van der Waals surface area contributed by atoms with Crippen LogP contribution in [-0.4, -0.2) is 16.0 Å². The predicted molar refractivity (Wildman–Crippen MR) is 64.1 cm³/mol. The number of benzene rings is 1. The summed E-state index contributed by atoms with van der Waals surface area (Å²) in [5.41, 5.74) is 7.67. The van der Waals surface area contributed by atoms with Crippen LogP contribution in [0.5, 0.6) is 0 Å². The number of alkyl halides is 2. The van der Waals surface area contributed by atoms with E-state index in [1.165, 1.54) is 0 Å². The molecule has 0 saturated heterocycles. The van der Waals surface area contributed by atoms with Crippen LogP contribution in [0.15, 0.2) is 18.2 Å². The number of aromatic nitrogens is 2. The molecule has 3 nitrogen and oxygen atoms in total. The molecule has 1 aromatic carbocycles. The van der Waals surface area contributed by atoms with Gasteiger partial charge in [0.25, 0.3) is 6.43 Å². The van der Waals surface area contributed by atoms with E-state index in [4.69, 9.17) is 5.73 Å². The number of hydrogen-bond donors (Lipinski definition) is 1. The van der Waals surface area contributed by atoms with Crippen LogP contribution in [0.1, 0.15) is 19.2 Å². The minimum atomic E-state index is -2.37. The summed E-state index contributed by atoms with van der Waals surface area (Å²) in [5.74, 6) is 0.702. The van der Waals surface area contributed by atoms with Gasteiger partial charge in [-0.15, -0.1) is 0 Å². The summed E-state index contributed by atoms with van der Waals surface area (Å²) in [7, 11) is 0. The second kappa shape index (κ2) is 4.69. The highest BCUT2D eigenvalue weighted by Gasteiger charge is 2.13. The first kappa shape index (κ1) is 11.8. The molecule has 1 aromatic heterocycles. The lowest BCUT2D eigenvalue weighted by Crippen LogP contribution is -2.10. The number of anilines is 1. The van der Waals surface area contributed by atoms with Gasteiger partial charge in [0.1, 0.15) is 5.82 Å². The van der Waals surface area contributed by atoms with Gasteiger partial charge in [0, 0.05) is 12.1 Å².